The smallest absolute Gasteiger partial charge is 0.181 e. The molecular formula is C12H16N2O. The van der Waals surface area contributed by atoms with Gasteiger partial charge in [0.1, 0.15) is 11.8 Å². The lowest BCUT2D eigenvalue weighted by atomic mass is 10.2. The second kappa shape index (κ2) is 6.05. The summed E-state index contributed by atoms with van der Waals surface area (Å²) in [7, 11) is 0. The summed E-state index contributed by atoms with van der Waals surface area (Å²) >= 11 is 0. The van der Waals surface area contributed by atoms with E-state index < -0.39 is 6.10 Å². The monoisotopic (exact) mass is 204 g/mol. The van der Waals surface area contributed by atoms with E-state index in [0.717, 1.165) is 18.8 Å². The van der Waals surface area contributed by atoms with Gasteiger partial charge < -0.3 is 10.1 Å². The van der Waals surface area contributed by atoms with Crippen LogP contribution in [0.15, 0.2) is 24.3 Å². The van der Waals surface area contributed by atoms with Crippen molar-refractivity contribution in [2.24, 2.45) is 0 Å². The van der Waals surface area contributed by atoms with Gasteiger partial charge in [0.25, 0.3) is 0 Å². The summed E-state index contributed by atoms with van der Waals surface area (Å²) in [5.74, 6) is 0.740. The van der Waals surface area contributed by atoms with Gasteiger partial charge in [0, 0.05) is 6.54 Å². The molecule has 0 aliphatic heterocycles. The largest absolute Gasteiger partial charge is 0.476 e. The van der Waals surface area contributed by atoms with E-state index in [2.05, 4.69) is 12.2 Å². The van der Waals surface area contributed by atoms with Gasteiger partial charge in [0.05, 0.1) is 0 Å². The van der Waals surface area contributed by atoms with Crippen LogP contribution < -0.4 is 10.1 Å². The van der Waals surface area contributed by atoms with Crippen LogP contribution in [0.4, 0.5) is 0 Å². The Morgan fingerprint density at radius 1 is 1.40 bits per heavy atom. The number of ether oxygens (including phenoxy) is 1. The molecule has 0 heterocycles. The van der Waals surface area contributed by atoms with Gasteiger partial charge in [-0.25, -0.2) is 0 Å². The first kappa shape index (κ1) is 11.5. The number of nitrogens with zero attached hydrogens (tertiary/aromatic N) is 1. The molecule has 0 aliphatic rings. The highest BCUT2D eigenvalue weighted by atomic mass is 16.5. The molecule has 3 nitrogen and oxygen atoms in total. The van der Waals surface area contributed by atoms with Gasteiger partial charge in [-0.3, -0.25) is 0 Å². The maximum atomic E-state index is 8.58. The molecule has 0 saturated carbocycles. The summed E-state index contributed by atoms with van der Waals surface area (Å²) in [5.41, 5.74) is 1.22. The zero-order valence-electron chi connectivity index (χ0n) is 9.16. The molecule has 0 radical (unpaired) electrons. The van der Waals surface area contributed by atoms with E-state index in [0.29, 0.717) is 0 Å². The van der Waals surface area contributed by atoms with Gasteiger partial charge in [0.15, 0.2) is 6.10 Å². The minimum atomic E-state index is -0.399. The van der Waals surface area contributed by atoms with Gasteiger partial charge in [-0.2, -0.15) is 5.26 Å². The average molecular weight is 204 g/mol. The van der Waals surface area contributed by atoms with Crippen LogP contribution in [-0.4, -0.2) is 12.6 Å². The van der Waals surface area contributed by atoms with E-state index in [1.54, 1.807) is 6.92 Å². The van der Waals surface area contributed by atoms with Crippen LogP contribution in [0.5, 0.6) is 5.75 Å². The SMILES string of the molecule is CCNCc1ccc(OC(C)C#N)cc1. The molecule has 3 heteroatoms. The molecule has 1 atom stereocenters. The van der Waals surface area contributed by atoms with Crippen molar-refractivity contribution in [2.75, 3.05) is 6.54 Å². The van der Waals surface area contributed by atoms with Gasteiger partial charge >= 0.3 is 0 Å². The highest BCUT2D eigenvalue weighted by Gasteiger charge is 2.00. The van der Waals surface area contributed by atoms with E-state index in [4.69, 9.17) is 10.00 Å². The van der Waals surface area contributed by atoms with Crippen LogP contribution in [0.2, 0.25) is 0 Å². The zero-order chi connectivity index (χ0) is 11.1. The fourth-order valence-electron chi connectivity index (χ4n) is 1.19. The Balaban J connectivity index is 2.53. The number of nitriles is 1. The highest BCUT2D eigenvalue weighted by molar-refractivity contribution is 5.27. The van der Waals surface area contributed by atoms with Crippen molar-refractivity contribution < 1.29 is 4.74 Å². The average Bonchev–Trinajstić information content (AvgIpc) is 2.28. The molecule has 1 N–H and O–H groups in total. The maximum Gasteiger partial charge on any atom is 0.181 e. The highest BCUT2D eigenvalue weighted by Crippen LogP contribution is 2.13. The van der Waals surface area contributed by atoms with E-state index in [1.165, 1.54) is 5.56 Å². The molecule has 0 fully saturated rings. The van der Waals surface area contributed by atoms with Crippen molar-refractivity contribution in [2.45, 2.75) is 26.5 Å². The minimum absolute atomic E-state index is 0.399. The summed E-state index contributed by atoms with van der Waals surface area (Å²) in [4.78, 5) is 0. The van der Waals surface area contributed by atoms with Crippen molar-refractivity contribution in [3.05, 3.63) is 29.8 Å². The topological polar surface area (TPSA) is 45.0 Å². The summed E-state index contributed by atoms with van der Waals surface area (Å²) in [5, 5.41) is 11.8. The number of nitrogens with one attached hydrogen (secondary N) is 1. The van der Waals surface area contributed by atoms with Crippen LogP contribution in [-0.2, 0) is 6.54 Å². The Morgan fingerprint density at radius 3 is 2.60 bits per heavy atom. The predicted octanol–water partition coefficient (Wildman–Crippen LogP) is 2.09. The van der Waals surface area contributed by atoms with Gasteiger partial charge in [0.2, 0.25) is 0 Å². The van der Waals surface area contributed by atoms with Gasteiger partial charge in [-0.05, 0) is 31.2 Å². The summed E-state index contributed by atoms with van der Waals surface area (Å²) in [6.45, 7) is 5.63. The molecule has 1 aromatic rings. The molecule has 15 heavy (non-hydrogen) atoms. The first-order valence-corrected chi connectivity index (χ1v) is 5.12. The Kier molecular flexibility index (Phi) is 4.65. The van der Waals surface area contributed by atoms with Crippen molar-refractivity contribution in [3.63, 3.8) is 0 Å². The molecule has 1 aromatic carbocycles. The molecule has 0 amide bonds. The fourth-order valence-corrected chi connectivity index (χ4v) is 1.19. The van der Waals surface area contributed by atoms with Crippen LogP contribution in [0.3, 0.4) is 0 Å². The lowest BCUT2D eigenvalue weighted by molar-refractivity contribution is 0.276. The summed E-state index contributed by atoms with van der Waals surface area (Å²) < 4.78 is 5.34. The normalized spacial score (nSPS) is 11.8. The van der Waals surface area contributed by atoms with Crippen LogP contribution in [0.1, 0.15) is 19.4 Å². The Labute approximate surface area is 90.7 Å². The Morgan fingerprint density at radius 2 is 2.07 bits per heavy atom. The second-order valence-corrected chi connectivity index (χ2v) is 3.31. The lowest BCUT2D eigenvalue weighted by Crippen LogP contribution is -2.12. The first-order valence-electron chi connectivity index (χ1n) is 5.12. The fraction of sp³-hybridized carbons (Fsp3) is 0.417. The molecule has 0 bridgehead atoms. The maximum absolute atomic E-state index is 8.58. The number of hydrogen-bond acceptors (Lipinski definition) is 3. The first-order chi connectivity index (χ1) is 7.26. The van der Waals surface area contributed by atoms with Crippen LogP contribution >= 0.6 is 0 Å². The van der Waals surface area contributed by atoms with Crippen molar-refractivity contribution in [3.8, 4) is 11.8 Å². The number of benzene rings is 1. The van der Waals surface area contributed by atoms with Crippen molar-refractivity contribution in [1.82, 2.24) is 5.32 Å². The lowest BCUT2D eigenvalue weighted by Gasteiger charge is -2.08. The van der Waals surface area contributed by atoms with E-state index in [1.807, 2.05) is 30.3 Å². The third-order valence-electron chi connectivity index (χ3n) is 2.00. The third-order valence-corrected chi connectivity index (χ3v) is 2.00. The quantitative estimate of drug-likeness (QED) is 0.798. The molecular weight excluding hydrogens is 188 g/mol. The number of hydrogen-bond donors (Lipinski definition) is 1. The molecule has 1 unspecified atom stereocenters. The standard InChI is InChI=1S/C12H16N2O/c1-3-14-9-11-4-6-12(7-5-11)15-10(2)8-13/h4-7,10,14H,3,9H2,1-2H3. The second-order valence-electron chi connectivity index (χ2n) is 3.31. The molecule has 0 aliphatic carbocycles. The van der Waals surface area contributed by atoms with Crippen LogP contribution in [0, 0.1) is 11.3 Å². The number of rotatable bonds is 5. The zero-order valence-corrected chi connectivity index (χ0v) is 9.16. The van der Waals surface area contributed by atoms with Gasteiger partial charge in [-0.15, -0.1) is 0 Å². The third kappa shape index (κ3) is 4.01. The van der Waals surface area contributed by atoms with E-state index in [9.17, 15) is 0 Å². The van der Waals surface area contributed by atoms with Crippen molar-refractivity contribution in [1.29, 1.82) is 5.26 Å². The summed E-state index contributed by atoms with van der Waals surface area (Å²) in [6.07, 6.45) is -0.399. The Bertz CT molecular complexity index is 326. The van der Waals surface area contributed by atoms with E-state index >= 15 is 0 Å². The molecule has 1 rings (SSSR count). The predicted molar refractivity (Wildman–Crippen MR) is 59.5 cm³/mol. The molecule has 0 aromatic heterocycles. The van der Waals surface area contributed by atoms with Crippen LogP contribution in [0.25, 0.3) is 0 Å². The molecule has 0 spiro atoms. The minimum Gasteiger partial charge on any atom is -0.476 e. The molecule has 0 saturated heterocycles. The molecule has 80 valence electrons. The van der Waals surface area contributed by atoms with Crippen molar-refractivity contribution >= 4 is 0 Å². The summed E-state index contributed by atoms with van der Waals surface area (Å²) in [6, 6.07) is 9.81. The van der Waals surface area contributed by atoms with Gasteiger partial charge in [-0.1, -0.05) is 19.1 Å². The Hall–Kier alpha value is -1.53. The van der Waals surface area contributed by atoms with E-state index in [-0.39, 0.29) is 0 Å².